The van der Waals surface area contributed by atoms with Crippen LogP contribution in [0.5, 0.6) is 0 Å². The first-order valence-electron chi connectivity index (χ1n) is 4.53. The minimum absolute atomic E-state index is 0.0727. The van der Waals surface area contributed by atoms with Gasteiger partial charge in [0.2, 0.25) is 0 Å². The van der Waals surface area contributed by atoms with E-state index in [-0.39, 0.29) is 24.8 Å². The molecule has 6 heteroatoms. The molecule has 0 radical (unpaired) electrons. The fourth-order valence-corrected chi connectivity index (χ4v) is 2.49. The van der Waals surface area contributed by atoms with Crippen molar-refractivity contribution in [3.05, 3.63) is 0 Å². The van der Waals surface area contributed by atoms with Crippen LogP contribution in [-0.2, 0) is 23.8 Å². The first-order valence-corrected chi connectivity index (χ1v) is 5.52. The molecule has 0 N–H and O–H groups in total. The number of rotatable bonds is 4. The zero-order valence-corrected chi connectivity index (χ0v) is 9.59. The molecule has 1 aliphatic heterocycles. The second-order valence-corrected chi connectivity index (χ2v) is 4.55. The van der Waals surface area contributed by atoms with E-state index in [1.807, 2.05) is 0 Å². The van der Waals surface area contributed by atoms with Crippen molar-refractivity contribution in [2.45, 2.75) is 17.8 Å². The van der Waals surface area contributed by atoms with Crippen molar-refractivity contribution in [2.24, 2.45) is 0 Å². The van der Waals surface area contributed by atoms with Crippen LogP contribution in [0, 0.1) is 0 Å². The molecule has 0 bridgehead atoms. The molecule has 5 nitrogen and oxygen atoms in total. The summed E-state index contributed by atoms with van der Waals surface area (Å²) in [6.07, 6.45) is 0.145. The molecule has 0 aromatic carbocycles. The number of thioether (sulfide) groups is 1. The molecule has 1 heterocycles. The third-order valence-electron chi connectivity index (χ3n) is 2.10. The van der Waals surface area contributed by atoms with Gasteiger partial charge in [0.05, 0.1) is 33.7 Å². The van der Waals surface area contributed by atoms with Gasteiger partial charge in [0, 0.05) is 5.75 Å². The lowest BCUT2D eigenvalue weighted by atomic mass is 10.2. The molecule has 0 unspecified atom stereocenters. The van der Waals surface area contributed by atoms with Crippen LogP contribution in [0.25, 0.3) is 0 Å². The highest BCUT2D eigenvalue weighted by molar-refractivity contribution is 8.00. The summed E-state index contributed by atoms with van der Waals surface area (Å²) in [5.41, 5.74) is 0. The maximum Gasteiger partial charge on any atom is 0.309 e. The topological polar surface area (TPSA) is 61.8 Å². The normalized spacial score (nSPS) is 18.5. The van der Waals surface area contributed by atoms with Crippen molar-refractivity contribution < 1.29 is 23.8 Å². The number of methoxy groups -OCH3 is 2. The van der Waals surface area contributed by atoms with Gasteiger partial charge in [-0.2, -0.15) is 0 Å². The molecular formula is C9H14O5S. The highest BCUT2D eigenvalue weighted by Gasteiger charge is 2.41. The fraction of sp³-hybridized carbons (Fsp3) is 0.778. The summed E-state index contributed by atoms with van der Waals surface area (Å²) in [4.78, 5) is 21.6. The maximum atomic E-state index is 11.2. The van der Waals surface area contributed by atoms with Crippen molar-refractivity contribution in [2.75, 3.05) is 26.6 Å². The number of carbonyl (C=O) groups is 2. The van der Waals surface area contributed by atoms with Crippen LogP contribution in [0.15, 0.2) is 0 Å². The van der Waals surface area contributed by atoms with Gasteiger partial charge in [-0.25, -0.2) is 0 Å². The van der Waals surface area contributed by atoms with Gasteiger partial charge >= 0.3 is 11.9 Å². The van der Waals surface area contributed by atoms with Crippen LogP contribution in [0.4, 0.5) is 0 Å². The molecular weight excluding hydrogens is 220 g/mol. The van der Waals surface area contributed by atoms with Crippen molar-refractivity contribution >= 4 is 23.7 Å². The van der Waals surface area contributed by atoms with Crippen molar-refractivity contribution in [1.29, 1.82) is 0 Å². The Hall–Kier alpha value is -0.750. The van der Waals surface area contributed by atoms with Crippen LogP contribution in [0.3, 0.4) is 0 Å². The van der Waals surface area contributed by atoms with Gasteiger partial charge in [0.25, 0.3) is 0 Å². The molecule has 0 spiro atoms. The zero-order chi connectivity index (χ0) is 11.3. The minimum Gasteiger partial charge on any atom is -0.469 e. The molecule has 1 aliphatic rings. The molecule has 0 aliphatic carbocycles. The van der Waals surface area contributed by atoms with Gasteiger partial charge in [0.1, 0.15) is 4.93 Å². The predicted molar refractivity (Wildman–Crippen MR) is 54.4 cm³/mol. The lowest BCUT2D eigenvalue weighted by Gasteiger charge is -2.24. The average Bonchev–Trinajstić information content (AvgIpc) is 2.66. The summed E-state index contributed by atoms with van der Waals surface area (Å²) in [6, 6.07) is 0. The Labute approximate surface area is 92.4 Å². The van der Waals surface area contributed by atoms with E-state index in [1.54, 1.807) is 0 Å². The van der Waals surface area contributed by atoms with Crippen LogP contribution < -0.4 is 0 Å². The second kappa shape index (κ2) is 5.37. The van der Waals surface area contributed by atoms with E-state index in [4.69, 9.17) is 4.74 Å². The van der Waals surface area contributed by atoms with E-state index in [0.717, 1.165) is 5.75 Å². The Morgan fingerprint density at radius 2 is 1.80 bits per heavy atom. The zero-order valence-electron chi connectivity index (χ0n) is 8.78. The molecule has 1 rings (SSSR count). The number of hydrogen-bond donors (Lipinski definition) is 0. The summed E-state index contributed by atoms with van der Waals surface area (Å²) in [6.45, 7) is 0.540. The van der Waals surface area contributed by atoms with Gasteiger partial charge < -0.3 is 14.2 Å². The van der Waals surface area contributed by atoms with E-state index in [9.17, 15) is 9.59 Å². The molecule has 0 atom stereocenters. The fourth-order valence-electron chi connectivity index (χ4n) is 1.35. The molecule has 0 saturated carbocycles. The summed E-state index contributed by atoms with van der Waals surface area (Å²) in [5.74, 6) is 0.00941. The van der Waals surface area contributed by atoms with Crippen LogP contribution in [-0.4, -0.2) is 43.5 Å². The molecule has 0 aromatic rings. The van der Waals surface area contributed by atoms with Gasteiger partial charge in [-0.15, -0.1) is 11.8 Å². The van der Waals surface area contributed by atoms with Gasteiger partial charge in [-0.1, -0.05) is 0 Å². The van der Waals surface area contributed by atoms with E-state index < -0.39 is 4.93 Å². The smallest absolute Gasteiger partial charge is 0.309 e. The van der Waals surface area contributed by atoms with E-state index in [1.165, 1.54) is 26.0 Å². The summed E-state index contributed by atoms with van der Waals surface area (Å²) in [5, 5.41) is 0. The van der Waals surface area contributed by atoms with Crippen molar-refractivity contribution in [3.8, 4) is 0 Å². The molecule has 0 aromatic heterocycles. The first kappa shape index (κ1) is 12.3. The highest BCUT2D eigenvalue weighted by atomic mass is 32.2. The Morgan fingerprint density at radius 1 is 1.27 bits per heavy atom. The highest BCUT2D eigenvalue weighted by Crippen LogP contribution is 2.39. The predicted octanol–water partition coefficient (Wildman–Crippen LogP) is 0.572. The number of carbonyl (C=O) groups excluding carboxylic acids is 2. The van der Waals surface area contributed by atoms with Gasteiger partial charge in [-0.3, -0.25) is 9.59 Å². The van der Waals surface area contributed by atoms with Gasteiger partial charge in [-0.05, 0) is 0 Å². The standard InChI is InChI=1S/C9H14O5S/c1-12-7(10)5-9(6-8(11)13-2)14-3-4-15-9/h3-6H2,1-2H3. The monoisotopic (exact) mass is 234 g/mol. The minimum atomic E-state index is -0.791. The van der Waals surface area contributed by atoms with Crippen LogP contribution in [0.2, 0.25) is 0 Å². The molecule has 0 amide bonds. The SMILES string of the molecule is COC(=O)CC1(CC(=O)OC)OCCS1. The summed E-state index contributed by atoms with van der Waals surface area (Å²) >= 11 is 1.45. The largest absolute Gasteiger partial charge is 0.469 e. The lowest BCUT2D eigenvalue weighted by molar-refractivity contribution is -0.149. The third-order valence-corrected chi connectivity index (χ3v) is 3.40. The van der Waals surface area contributed by atoms with Crippen LogP contribution >= 0.6 is 11.8 Å². The number of ether oxygens (including phenoxy) is 3. The Balaban J connectivity index is 2.61. The quantitative estimate of drug-likeness (QED) is 0.663. The molecule has 86 valence electrons. The van der Waals surface area contributed by atoms with E-state index >= 15 is 0 Å². The Bertz CT molecular complexity index is 227. The lowest BCUT2D eigenvalue weighted by Crippen LogP contribution is -2.32. The van der Waals surface area contributed by atoms with E-state index in [0.29, 0.717) is 6.61 Å². The summed E-state index contributed by atoms with van der Waals surface area (Å²) in [7, 11) is 2.63. The number of esters is 2. The van der Waals surface area contributed by atoms with Crippen molar-refractivity contribution in [3.63, 3.8) is 0 Å². The second-order valence-electron chi connectivity index (χ2n) is 3.11. The van der Waals surface area contributed by atoms with Crippen LogP contribution in [0.1, 0.15) is 12.8 Å². The first-order chi connectivity index (χ1) is 7.12. The maximum absolute atomic E-state index is 11.2. The Kier molecular flexibility index (Phi) is 4.41. The molecule has 1 saturated heterocycles. The van der Waals surface area contributed by atoms with Gasteiger partial charge in [0.15, 0.2) is 0 Å². The third kappa shape index (κ3) is 3.39. The Morgan fingerprint density at radius 3 is 2.13 bits per heavy atom. The molecule has 15 heavy (non-hydrogen) atoms. The summed E-state index contributed by atoms with van der Waals surface area (Å²) < 4.78 is 14.6. The average molecular weight is 234 g/mol. The van der Waals surface area contributed by atoms with Crippen molar-refractivity contribution in [1.82, 2.24) is 0 Å². The molecule has 1 fully saturated rings. The number of hydrogen-bond acceptors (Lipinski definition) is 6. The van der Waals surface area contributed by atoms with E-state index in [2.05, 4.69) is 9.47 Å².